The van der Waals surface area contributed by atoms with Gasteiger partial charge in [-0.05, 0) is 25.5 Å². The Bertz CT molecular complexity index is 351. The topological polar surface area (TPSA) is 15.3 Å². The molecule has 1 saturated heterocycles. The number of nitrogens with zero attached hydrogens (tertiary/aromatic N) is 1. The molecule has 0 radical (unpaired) electrons. The zero-order valence-electron chi connectivity index (χ0n) is 9.26. The lowest BCUT2D eigenvalue weighted by molar-refractivity contribution is 0.575. The van der Waals surface area contributed by atoms with Crippen LogP contribution in [0.4, 0.5) is 5.69 Å². The van der Waals surface area contributed by atoms with Crippen LogP contribution in [0, 0.1) is 13.8 Å². The molecule has 2 rings (SSSR count). The molecule has 1 aliphatic rings. The maximum Gasteiger partial charge on any atom is 0.0933 e. The van der Waals surface area contributed by atoms with Gasteiger partial charge in [0.25, 0.3) is 0 Å². The van der Waals surface area contributed by atoms with Crippen molar-refractivity contribution in [2.45, 2.75) is 17.9 Å². The van der Waals surface area contributed by atoms with Crippen LogP contribution in [-0.2, 0) is 0 Å². The lowest BCUT2D eigenvalue weighted by Gasteiger charge is -2.35. The SMILES string of the molecule is Cc1ccc(N2CCNCC2I)c(C)c1. The van der Waals surface area contributed by atoms with Crippen LogP contribution < -0.4 is 10.2 Å². The van der Waals surface area contributed by atoms with E-state index in [1.165, 1.54) is 16.8 Å². The van der Waals surface area contributed by atoms with Crippen LogP contribution in [0.25, 0.3) is 0 Å². The predicted octanol–water partition coefficient (Wildman–Crippen LogP) is 2.47. The van der Waals surface area contributed by atoms with Crippen LogP contribution in [0.1, 0.15) is 11.1 Å². The van der Waals surface area contributed by atoms with Crippen molar-refractivity contribution in [3.05, 3.63) is 29.3 Å². The Labute approximate surface area is 105 Å². The van der Waals surface area contributed by atoms with Crippen molar-refractivity contribution in [2.24, 2.45) is 0 Å². The van der Waals surface area contributed by atoms with Crippen molar-refractivity contribution in [1.82, 2.24) is 5.32 Å². The Morgan fingerprint density at radius 2 is 2.20 bits per heavy atom. The fraction of sp³-hybridized carbons (Fsp3) is 0.500. The molecule has 1 aromatic carbocycles. The van der Waals surface area contributed by atoms with E-state index >= 15 is 0 Å². The van der Waals surface area contributed by atoms with Crippen molar-refractivity contribution in [2.75, 3.05) is 24.5 Å². The molecule has 0 amide bonds. The summed E-state index contributed by atoms with van der Waals surface area (Å²) >= 11 is 2.51. The lowest BCUT2D eigenvalue weighted by atomic mass is 10.1. The van der Waals surface area contributed by atoms with E-state index in [1.807, 2.05) is 0 Å². The summed E-state index contributed by atoms with van der Waals surface area (Å²) < 4.78 is 0.567. The minimum atomic E-state index is 0.567. The highest BCUT2D eigenvalue weighted by Crippen LogP contribution is 2.25. The van der Waals surface area contributed by atoms with Gasteiger partial charge < -0.3 is 10.2 Å². The van der Waals surface area contributed by atoms with Gasteiger partial charge in [0.05, 0.1) is 4.05 Å². The second-order valence-electron chi connectivity index (χ2n) is 4.12. The van der Waals surface area contributed by atoms with Crippen LogP contribution in [0.5, 0.6) is 0 Å². The molecule has 1 heterocycles. The summed E-state index contributed by atoms with van der Waals surface area (Å²) in [6.45, 7) is 7.63. The molecule has 0 aliphatic carbocycles. The monoisotopic (exact) mass is 316 g/mol. The zero-order valence-corrected chi connectivity index (χ0v) is 11.4. The molecule has 1 unspecified atom stereocenters. The molecule has 0 spiro atoms. The molecular weight excluding hydrogens is 299 g/mol. The highest BCUT2D eigenvalue weighted by atomic mass is 127. The number of nitrogens with one attached hydrogen (secondary N) is 1. The quantitative estimate of drug-likeness (QED) is 0.486. The Kier molecular flexibility index (Phi) is 3.51. The number of anilines is 1. The van der Waals surface area contributed by atoms with Gasteiger partial charge in [0, 0.05) is 25.3 Å². The van der Waals surface area contributed by atoms with Crippen LogP contribution in [0.2, 0.25) is 0 Å². The molecule has 0 aromatic heterocycles. The fourth-order valence-electron chi connectivity index (χ4n) is 2.07. The minimum Gasteiger partial charge on any atom is -0.357 e. The first kappa shape index (κ1) is 11.2. The van der Waals surface area contributed by atoms with E-state index in [0.717, 1.165) is 19.6 Å². The molecule has 1 atom stereocenters. The predicted molar refractivity (Wildman–Crippen MR) is 73.9 cm³/mol. The van der Waals surface area contributed by atoms with Crippen LogP contribution in [-0.4, -0.2) is 23.7 Å². The molecule has 2 nitrogen and oxygen atoms in total. The van der Waals surface area contributed by atoms with Gasteiger partial charge in [0.15, 0.2) is 0 Å². The highest BCUT2D eigenvalue weighted by Gasteiger charge is 2.20. The Morgan fingerprint density at radius 1 is 1.40 bits per heavy atom. The zero-order chi connectivity index (χ0) is 10.8. The van der Waals surface area contributed by atoms with Crippen molar-refractivity contribution >= 4 is 28.3 Å². The van der Waals surface area contributed by atoms with Gasteiger partial charge in [-0.15, -0.1) is 0 Å². The molecular formula is C12H17IN2. The van der Waals surface area contributed by atoms with Crippen LogP contribution >= 0.6 is 22.6 Å². The second-order valence-corrected chi connectivity index (χ2v) is 5.56. The number of benzene rings is 1. The number of hydrogen-bond acceptors (Lipinski definition) is 2. The molecule has 1 aliphatic heterocycles. The van der Waals surface area contributed by atoms with Crippen molar-refractivity contribution in [1.29, 1.82) is 0 Å². The van der Waals surface area contributed by atoms with E-state index in [-0.39, 0.29) is 0 Å². The summed E-state index contributed by atoms with van der Waals surface area (Å²) in [7, 11) is 0. The normalized spacial score (nSPS) is 21.8. The van der Waals surface area contributed by atoms with Gasteiger partial charge in [-0.1, -0.05) is 40.3 Å². The van der Waals surface area contributed by atoms with Crippen molar-refractivity contribution < 1.29 is 0 Å². The second kappa shape index (κ2) is 4.70. The minimum absolute atomic E-state index is 0.567. The van der Waals surface area contributed by atoms with Gasteiger partial charge in [-0.25, -0.2) is 0 Å². The first-order valence-corrected chi connectivity index (χ1v) is 6.62. The van der Waals surface area contributed by atoms with E-state index in [4.69, 9.17) is 0 Å². The van der Waals surface area contributed by atoms with Gasteiger partial charge in [0.2, 0.25) is 0 Å². The third-order valence-corrected chi connectivity index (χ3v) is 3.96. The summed E-state index contributed by atoms with van der Waals surface area (Å²) in [6.07, 6.45) is 0. The molecule has 1 N–H and O–H groups in total. The number of rotatable bonds is 1. The van der Waals surface area contributed by atoms with E-state index in [0.29, 0.717) is 4.05 Å². The van der Waals surface area contributed by atoms with Gasteiger partial charge in [-0.2, -0.15) is 0 Å². The van der Waals surface area contributed by atoms with E-state index in [9.17, 15) is 0 Å². The molecule has 82 valence electrons. The number of alkyl halides is 1. The maximum absolute atomic E-state index is 3.42. The third-order valence-electron chi connectivity index (χ3n) is 2.84. The standard InChI is InChI=1S/C12H17IN2/c1-9-3-4-11(10(2)7-9)15-6-5-14-8-12(15)13/h3-4,7,12,14H,5-6,8H2,1-2H3. The number of piperazine rings is 1. The number of halogens is 1. The lowest BCUT2D eigenvalue weighted by Crippen LogP contribution is -2.48. The Hall–Kier alpha value is -0.290. The summed E-state index contributed by atoms with van der Waals surface area (Å²) in [5.74, 6) is 0. The van der Waals surface area contributed by atoms with Gasteiger partial charge >= 0.3 is 0 Å². The summed E-state index contributed by atoms with van der Waals surface area (Å²) in [5, 5.41) is 3.42. The van der Waals surface area contributed by atoms with Gasteiger partial charge in [0.1, 0.15) is 0 Å². The van der Waals surface area contributed by atoms with Gasteiger partial charge in [-0.3, -0.25) is 0 Å². The molecule has 1 fully saturated rings. The molecule has 3 heteroatoms. The average Bonchev–Trinajstić information content (AvgIpc) is 2.20. The van der Waals surface area contributed by atoms with E-state index < -0.39 is 0 Å². The Morgan fingerprint density at radius 3 is 2.87 bits per heavy atom. The van der Waals surface area contributed by atoms with Crippen LogP contribution in [0.3, 0.4) is 0 Å². The van der Waals surface area contributed by atoms with E-state index in [1.54, 1.807) is 0 Å². The van der Waals surface area contributed by atoms with E-state index in [2.05, 4.69) is 64.9 Å². The largest absolute Gasteiger partial charge is 0.357 e. The Balaban J connectivity index is 2.27. The van der Waals surface area contributed by atoms with Crippen molar-refractivity contribution in [3.63, 3.8) is 0 Å². The third kappa shape index (κ3) is 2.45. The molecule has 15 heavy (non-hydrogen) atoms. The molecule has 1 aromatic rings. The number of hydrogen-bond donors (Lipinski definition) is 1. The average molecular weight is 316 g/mol. The summed E-state index contributed by atoms with van der Waals surface area (Å²) in [6, 6.07) is 6.72. The maximum atomic E-state index is 3.42. The molecule has 0 saturated carbocycles. The smallest absolute Gasteiger partial charge is 0.0933 e. The van der Waals surface area contributed by atoms with Crippen molar-refractivity contribution in [3.8, 4) is 0 Å². The summed E-state index contributed by atoms with van der Waals surface area (Å²) in [5.41, 5.74) is 4.12. The van der Waals surface area contributed by atoms with Crippen LogP contribution in [0.15, 0.2) is 18.2 Å². The first-order chi connectivity index (χ1) is 7.18. The highest BCUT2D eigenvalue weighted by molar-refractivity contribution is 14.1. The number of aryl methyl sites for hydroxylation is 2. The summed E-state index contributed by atoms with van der Waals surface area (Å²) in [4.78, 5) is 2.49. The first-order valence-electron chi connectivity index (χ1n) is 5.37. The molecule has 0 bridgehead atoms. The fourth-order valence-corrected chi connectivity index (χ4v) is 2.96.